The monoisotopic (exact) mass is 421 g/mol. The number of halogens is 2. The van der Waals surface area contributed by atoms with E-state index in [0.29, 0.717) is 23.1 Å². The predicted octanol–water partition coefficient (Wildman–Crippen LogP) is 4.55. The molecule has 1 aliphatic carbocycles. The molecule has 31 heavy (non-hydrogen) atoms. The van der Waals surface area contributed by atoms with Crippen molar-refractivity contribution >= 4 is 16.9 Å². The lowest BCUT2D eigenvalue weighted by Crippen LogP contribution is -2.31. The van der Waals surface area contributed by atoms with Gasteiger partial charge in [0.15, 0.2) is 5.82 Å². The van der Waals surface area contributed by atoms with E-state index in [-0.39, 0.29) is 11.9 Å². The zero-order valence-corrected chi connectivity index (χ0v) is 16.7. The summed E-state index contributed by atoms with van der Waals surface area (Å²) in [6.45, 7) is 0.694. The number of nitrogens with zero attached hydrogens (tertiary/aromatic N) is 3. The third-order valence-corrected chi connectivity index (χ3v) is 5.71. The molecule has 1 amide bonds. The third kappa shape index (κ3) is 3.81. The quantitative estimate of drug-likeness (QED) is 0.496. The van der Waals surface area contributed by atoms with Crippen LogP contribution in [0.25, 0.3) is 11.0 Å². The predicted molar refractivity (Wildman–Crippen MR) is 112 cm³/mol. The molecule has 6 nitrogen and oxygen atoms in total. The van der Waals surface area contributed by atoms with Crippen LogP contribution in [-0.4, -0.2) is 25.7 Å². The molecule has 0 fully saturated rings. The third-order valence-electron chi connectivity index (χ3n) is 5.71. The van der Waals surface area contributed by atoms with E-state index in [1.807, 2.05) is 29.1 Å². The number of carbonyl (C=O) groups excluding carboxylic acids is 1. The van der Waals surface area contributed by atoms with Crippen molar-refractivity contribution in [2.24, 2.45) is 0 Å². The van der Waals surface area contributed by atoms with Gasteiger partial charge in [0.05, 0.1) is 29.8 Å². The van der Waals surface area contributed by atoms with E-state index in [1.165, 1.54) is 5.56 Å². The molecule has 8 heteroatoms. The molecule has 2 heterocycles. The number of H-pyrrole nitrogens is 1. The first kappa shape index (κ1) is 19.4. The van der Waals surface area contributed by atoms with Gasteiger partial charge in [-0.05, 0) is 43.0 Å². The minimum atomic E-state index is -2.68. The van der Waals surface area contributed by atoms with Crippen molar-refractivity contribution in [2.45, 2.75) is 38.3 Å². The summed E-state index contributed by atoms with van der Waals surface area (Å²) in [4.78, 5) is 19.3. The van der Waals surface area contributed by atoms with E-state index in [9.17, 15) is 13.6 Å². The van der Waals surface area contributed by atoms with Crippen LogP contribution in [0.2, 0.25) is 0 Å². The number of aromatic nitrogens is 4. The first-order chi connectivity index (χ1) is 15.1. The Morgan fingerprint density at radius 1 is 1.23 bits per heavy atom. The molecular weight excluding hydrogens is 400 g/mol. The van der Waals surface area contributed by atoms with Crippen LogP contribution in [0.3, 0.4) is 0 Å². The Morgan fingerprint density at radius 3 is 2.87 bits per heavy atom. The lowest BCUT2D eigenvalue weighted by molar-refractivity contribution is 0.0932. The highest BCUT2D eigenvalue weighted by Gasteiger charge is 2.26. The number of nitrogens with one attached hydrogen (secondary N) is 2. The molecule has 1 atom stereocenters. The van der Waals surface area contributed by atoms with E-state index in [2.05, 4.69) is 32.5 Å². The van der Waals surface area contributed by atoms with Crippen LogP contribution >= 0.6 is 0 Å². The molecule has 5 rings (SSSR count). The topological polar surface area (TPSA) is 75.6 Å². The van der Waals surface area contributed by atoms with Crippen molar-refractivity contribution in [3.8, 4) is 0 Å². The highest BCUT2D eigenvalue weighted by molar-refractivity contribution is 5.97. The molecule has 2 aromatic heterocycles. The van der Waals surface area contributed by atoms with Gasteiger partial charge in [0, 0.05) is 16.8 Å². The molecule has 0 spiro atoms. The molecule has 2 aromatic carbocycles. The molecule has 0 saturated heterocycles. The van der Waals surface area contributed by atoms with Crippen molar-refractivity contribution in [3.05, 3.63) is 82.9 Å². The molecule has 0 saturated carbocycles. The number of aromatic amines is 1. The molecule has 0 aliphatic heterocycles. The number of alkyl halides is 2. The van der Waals surface area contributed by atoms with Crippen molar-refractivity contribution in [1.82, 2.24) is 25.1 Å². The number of carbonyl (C=O) groups is 1. The molecule has 0 radical (unpaired) electrons. The van der Waals surface area contributed by atoms with Gasteiger partial charge < -0.3 is 10.3 Å². The number of fused-ring (bicyclic) bond motifs is 2. The van der Waals surface area contributed by atoms with Crippen molar-refractivity contribution in [2.75, 3.05) is 0 Å². The summed E-state index contributed by atoms with van der Waals surface area (Å²) in [5.74, 6) is -0.640. The second kappa shape index (κ2) is 7.94. The number of hydrogen-bond donors (Lipinski definition) is 2. The van der Waals surface area contributed by atoms with Gasteiger partial charge in [-0.1, -0.05) is 30.3 Å². The average molecular weight is 421 g/mol. The number of hydrogen-bond acceptors (Lipinski definition) is 3. The van der Waals surface area contributed by atoms with E-state index < -0.39 is 12.2 Å². The number of rotatable bonds is 5. The van der Waals surface area contributed by atoms with E-state index in [0.717, 1.165) is 30.5 Å². The first-order valence-electron chi connectivity index (χ1n) is 10.3. The molecule has 2 N–H and O–H groups in total. The second-order valence-electron chi connectivity index (χ2n) is 7.76. The number of amides is 1. The van der Waals surface area contributed by atoms with Crippen LogP contribution in [0.5, 0.6) is 0 Å². The highest BCUT2D eigenvalue weighted by Crippen LogP contribution is 2.30. The number of imidazole rings is 1. The van der Waals surface area contributed by atoms with E-state index >= 15 is 0 Å². The lowest BCUT2D eigenvalue weighted by atomic mass is 9.92. The molecule has 1 unspecified atom stereocenters. The van der Waals surface area contributed by atoms with Gasteiger partial charge in [0.1, 0.15) is 0 Å². The summed E-state index contributed by atoms with van der Waals surface area (Å²) in [7, 11) is 0. The largest absolute Gasteiger partial charge is 0.345 e. The van der Waals surface area contributed by atoms with Crippen molar-refractivity contribution in [3.63, 3.8) is 0 Å². The Bertz CT molecular complexity index is 1230. The lowest BCUT2D eigenvalue weighted by Gasteiger charge is -2.24. The number of benzene rings is 2. The van der Waals surface area contributed by atoms with Crippen LogP contribution in [-0.2, 0) is 13.0 Å². The van der Waals surface area contributed by atoms with Crippen LogP contribution in [0.1, 0.15) is 58.3 Å². The molecule has 0 bridgehead atoms. The Morgan fingerprint density at radius 2 is 2.06 bits per heavy atom. The SMILES string of the molecule is O=C(NC1CCCc2c1cnn2Cc1ccccc1)c1ccc2nc(C(F)F)[nH]c2c1. The highest BCUT2D eigenvalue weighted by atomic mass is 19.3. The maximum absolute atomic E-state index is 12.9. The summed E-state index contributed by atoms with van der Waals surface area (Å²) in [6, 6.07) is 14.8. The molecule has 1 aliphatic rings. The summed E-state index contributed by atoms with van der Waals surface area (Å²) < 4.78 is 27.8. The summed E-state index contributed by atoms with van der Waals surface area (Å²) in [6.07, 6.45) is 1.87. The zero-order valence-electron chi connectivity index (χ0n) is 16.7. The Labute approximate surface area is 177 Å². The Balaban J connectivity index is 1.35. The molecular formula is C23H21F2N5O. The van der Waals surface area contributed by atoms with Crippen LogP contribution < -0.4 is 5.32 Å². The fourth-order valence-electron chi connectivity index (χ4n) is 4.18. The van der Waals surface area contributed by atoms with E-state index in [1.54, 1.807) is 18.2 Å². The molecule has 158 valence electrons. The first-order valence-corrected chi connectivity index (χ1v) is 10.3. The Hall–Kier alpha value is -3.55. The van der Waals surface area contributed by atoms with Crippen molar-refractivity contribution < 1.29 is 13.6 Å². The average Bonchev–Trinajstić information content (AvgIpc) is 3.39. The zero-order chi connectivity index (χ0) is 21.4. The van der Waals surface area contributed by atoms with Crippen molar-refractivity contribution in [1.29, 1.82) is 0 Å². The minimum absolute atomic E-state index is 0.130. The van der Waals surface area contributed by atoms with Gasteiger partial charge in [-0.3, -0.25) is 9.48 Å². The Kier molecular flexibility index (Phi) is 4.97. The molecule has 4 aromatic rings. The van der Waals surface area contributed by atoms with Gasteiger partial charge in [-0.15, -0.1) is 0 Å². The standard InChI is InChI=1S/C23H21F2N5O/c24-21(25)22-27-18-10-9-15(11-19(18)28-22)23(31)29-17-7-4-8-20-16(17)12-26-30(20)13-14-5-2-1-3-6-14/h1-3,5-6,9-12,17,21H,4,7-8,13H2,(H,27,28)(H,29,31). The van der Waals surface area contributed by atoms with Gasteiger partial charge >= 0.3 is 0 Å². The maximum Gasteiger partial charge on any atom is 0.295 e. The summed E-state index contributed by atoms with van der Waals surface area (Å²) in [5, 5.41) is 7.65. The fourth-order valence-corrected chi connectivity index (χ4v) is 4.18. The van der Waals surface area contributed by atoms with E-state index in [4.69, 9.17) is 0 Å². The van der Waals surface area contributed by atoms with Crippen LogP contribution in [0.15, 0.2) is 54.7 Å². The summed E-state index contributed by atoms with van der Waals surface area (Å²) in [5.41, 5.74) is 4.59. The van der Waals surface area contributed by atoms with Gasteiger partial charge in [-0.2, -0.15) is 5.10 Å². The van der Waals surface area contributed by atoms with Gasteiger partial charge in [-0.25, -0.2) is 13.8 Å². The van der Waals surface area contributed by atoms with Gasteiger partial charge in [0.2, 0.25) is 0 Å². The summed E-state index contributed by atoms with van der Waals surface area (Å²) >= 11 is 0. The van der Waals surface area contributed by atoms with Crippen LogP contribution in [0, 0.1) is 0 Å². The second-order valence-corrected chi connectivity index (χ2v) is 7.76. The maximum atomic E-state index is 12.9. The normalized spacial score (nSPS) is 15.9. The fraction of sp³-hybridized carbons (Fsp3) is 0.261. The minimum Gasteiger partial charge on any atom is -0.345 e. The smallest absolute Gasteiger partial charge is 0.295 e. The van der Waals surface area contributed by atoms with Crippen LogP contribution in [0.4, 0.5) is 8.78 Å². The van der Waals surface area contributed by atoms with Gasteiger partial charge in [0.25, 0.3) is 12.3 Å².